The van der Waals surface area contributed by atoms with Gasteiger partial charge in [0.05, 0.1) is 6.10 Å². The minimum Gasteiger partial charge on any atom is -0.380 e. The molecule has 0 radical (unpaired) electrons. The SMILES string of the molecule is CCNC(Cc1cccc(Br)c1)C(CC)OC. The van der Waals surface area contributed by atoms with E-state index in [2.05, 4.69) is 59.4 Å². The number of benzene rings is 1. The van der Waals surface area contributed by atoms with Crippen molar-refractivity contribution < 1.29 is 4.74 Å². The van der Waals surface area contributed by atoms with Crippen molar-refractivity contribution in [1.29, 1.82) is 0 Å². The van der Waals surface area contributed by atoms with Gasteiger partial charge in [-0.3, -0.25) is 0 Å². The predicted molar refractivity (Wildman–Crippen MR) is 76.4 cm³/mol. The van der Waals surface area contributed by atoms with E-state index in [0.29, 0.717) is 6.04 Å². The fourth-order valence-corrected chi connectivity index (χ4v) is 2.58. The number of nitrogens with one attached hydrogen (secondary N) is 1. The van der Waals surface area contributed by atoms with Crippen LogP contribution in [-0.2, 0) is 11.2 Å². The summed E-state index contributed by atoms with van der Waals surface area (Å²) in [6, 6.07) is 8.85. The van der Waals surface area contributed by atoms with E-state index in [1.807, 2.05) is 0 Å². The number of methoxy groups -OCH3 is 1. The molecule has 0 fully saturated rings. The summed E-state index contributed by atoms with van der Waals surface area (Å²) in [6.07, 6.45) is 2.30. The lowest BCUT2D eigenvalue weighted by Crippen LogP contribution is -2.42. The molecule has 0 spiro atoms. The summed E-state index contributed by atoms with van der Waals surface area (Å²) in [5.41, 5.74) is 1.33. The van der Waals surface area contributed by atoms with Crippen LogP contribution in [0.5, 0.6) is 0 Å². The smallest absolute Gasteiger partial charge is 0.0724 e. The number of hydrogen-bond acceptors (Lipinski definition) is 2. The summed E-state index contributed by atoms with van der Waals surface area (Å²) >= 11 is 3.51. The molecule has 1 N–H and O–H groups in total. The number of rotatable bonds is 7. The van der Waals surface area contributed by atoms with Crippen molar-refractivity contribution in [2.75, 3.05) is 13.7 Å². The van der Waals surface area contributed by atoms with Crippen LogP contribution in [0.25, 0.3) is 0 Å². The number of halogens is 1. The van der Waals surface area contributed by atoms with Crippen molar-refractivity contribution >= 4 is 15.9 Å². The van der Waals surface area contributed by atoms with Gasteiger partial charge in [-0.25, -0.2) is 0 Å². The fraction of sp³-hybridized carbons (Fsp3) is 0.571. The highest BCUT2D eigenvalue weighted by atomic mass is 79.9. The molecule has 0 heterocycles. The van der Waals surface area contributed by atoms with Crippen LogP contribution < -0.4 is 5.32 Å². The molecule has 2 unspecified atom stereocenters. The topological polar surface area (TPSA) is 21.3 Å². The predicted octanol–water partition coefficient (Wildman–Crippen LogP) is 3.39. The summed E-state index contributed by atoms with van der Waals surface area (Å²) in [7, 11) is 1.79. The van der Waals surface area contributed by atoms with Crippen molar-refractivity contribution in [2.45, 2.75) is 38.8 Å². The van der Waals surface area contributed by atoms with Crippen LogP contribution in [-0.4, -0.2) is 25.8 Å². The lowest BCUT2D eigenvalue weighted by molar-refractivity contribution is 0.0658. The van der Waals surface area contributed by atoms with E-state index in [-0.39, 0.29) is 6.10 Å². The standard InChI is InChI=1S/C14H22BrNO/c1-4-14(17-3)13(16-5-2)10-11-7-6-8-12(15)9-11/h6-9,13-14,16H,4-5,10H2,1-3H3. The summed E-state index contributed by atoms with van der Waals surface area (Å²) in [5, 5.41) is 3.51. The van der Waals surface area contributed by atoms with Crippen LogP contribution in [0.1, 0.15) is 25.8 Å². The maximum Gasteiger partial charge on any atom is 0.0724 e. The lowest BCUT2D eigenvalue weighted by Gasteiger charge is -2.26. The molecular weight excluding hydrogens is 278 g/mol. The molecule has 0 aliphatic carbocycles. The van der Waals surface area contributed by atoms with Crippen LogP contribution in [0.3, 0.4) is 0 Å². The Hall–Kier alpha value is -0.380. The van der Waals surface area contributed by atoms with Gasteiger partial charge in [0.25, 0.3) is 0 Å². The third-order valence-corrected chi connectivity index (χ3v) is 3.46. The van der Waals surface area contributed by atoms with E-state index in [1.54, 1.807) is 7.11 Å². The van der Waals surface area contributed by atoms with Gasteiger partial charge >= 0.3 is 0 Å². The van der Waals surface area contributed by atoms with Gasteiger partial charge in [0.15, 0.2) is 0 Å². The Balaban J connectivity index is 2.71. The summed E-state index contributed by atoms with van der Waals surface area (Å²) in [5.74, 6) is 0. The van der Waals surface area contributed by atoms with E-state index in [9.17, 15) is 0 Å². The van der Waals surface area contributed by atoms with Gasteiger partial charge in [0.1, 0.15) is 0 Å². The average Bonchev–Trinajstić information content (AvgIpc) is 2.31. The van der Waals surface area contributed by atoms with Crippen LogP contribution in [0.4, 0.5) is 0 Å². The minimum atomic E-state index is 0.272. The average molecular weight is 300 g/mol. The number of likely N-dealkylation sites (N-methyl/N-ethyl adjacent to an activating group) is 1. The molecule has 2 nitrogen and oxygen atoms in total. The van der Waals surface area contributed by atoms with Crippen molar-refractivity contribution in [1.82, 2.24) is 5.32 Å². The lowest BCUT2D eigenvalue weighted by atomic mass is 9.99. The zero-order valence-electron chi connectivity index (χ0n) is 10.9. The van der Waals surface area contributed by atoms with Crippen molar-refractivity contribution in [2.24, 2.45) is 0 Å². The van der Waals surface area contributed by atoms with Crippen LogP contribution in [0.15, 0.2) is 28.7 Å². The summed E-state index contributed by atoms with van der Waals surface area (Å²) in [6.45, 7) is 5.27. The van der Waals surface area contributed by atoms with Crippen molar-refractivity contribution in [3.63, 3.8) is 0 Å². The van der Waals surface area contributed by atoms with Crippen molar-refractivity contribution in [3.05, 3.63) is 34.3 Å². The molecule has 0 aromatic heterocycles. The van der Waals surface area contributed by atoms with Crippen LogP contribution in [0.2, 0.25) is 0 Å². The first-order valence-corrected chi connectivity index (χ1v) is 7.01. The Labute approximate surface area is 113 Å². The van der Waals surface area contributed by atoms with E-state index < -0.39 is 0 Å². The Bertz CT molecular complexity index is 326. The van der Waals surface area contributed by atoms with E-state index >= 15 is 0 Å². The van der Waals surface area contributed by atoms with Gasteiger partial charge in [0.2, 0.25) is 0 Å². The maximum absolute atomic E-state index is 5.54. The quantitative estimate of drug-likeness (QED) is 0.833. The summed E-state index contributed by atoms with van der Waals surface area (Å²) < 4.78 is 6.68. The normalized spacial score (nSPS) is 14.6. The molecule has 96 valence electrons. The van der Waals surface area contributed by atoms with Gasteiger partial charge in [-0.2, -0.15) is 0 Å². The second-order valence-electron chi connectivity index (χ2n) is 4.18. The van der Waals surface area contributed by atoms with Gasteiger partial charge < -0.3 is 10.1 Å². The van der Waals surface area contributed by atoms with E-state index in [0.717, 1.165) is 23.9 Å². The first-order chi connectivity index (χ1) is 8.21. The molecule has 0 saturated heterocycles. The van der Waals surface area contributed by atoms with Gasteiger partial charge in [-0.1, -0.05) is 41.9 Å². The Morgan fingerprint density at radius 3 is 2.65 bits per heavy atom. The van der Waals surface area contributed by atoms with Gasteiger partial charge in [-0.15, -0.1) is 0 Å². The van der Waals surface area contributed by atoms with Gasteiger partial charge in [0, 0.05) is 17.6 Å². The second kappa shape index (κ2) is 7.85. The highest BCUT2D eigenvalue weighted by Crippen LogP contribution is 2.15. The molecule has 1 aromatic carbocycles. The number of hydrogen-bond donors (Lipinski definition) is 1. The van der Waals surface area contributed by atoms with Gasteiger partial charge in [-0.05, 0) is 37.1 Å². The third kappa shape index (κ3) is 4.78. The van der Waals surface area contributed by atoms with Crippen LogP contribution in [0, 0.1) is 0 Å². The monoisotopic (exact) mass is 299 g/mol. The molecule has 1 aromatic rings. The molecule has 0 bridgehead atoms. The highest BCUT2D eigenvalue weighted by Gasteiger charge is 2.18. The minimum absolute atomic E-state index is 0.272. The summed E-state index contributed by atoms with van der Waals surface area (Å²) in [4.78, 5) is 0. The first kappa shape index (κ1) is 14.7. The Morgan fingerprint density at radius 1 is 1.35 bits per heavy atom. The highest BCUT2D eigenvalue weighted by molar-refractivity contribution is 9.10. The van der Waals surface area contributed by atoms with E-state index in [4.69, 9.17) is 4.74 Å². The molecule has 0 saturated carbocycles. The Morgan fingerprint density at radius 2 is 2.12 bits per heavy atom. The Kier molecular flexibility index (Phi) is 6.78. The fourth-order valence-electron chi connectivity index (χ4n) is 2.13. The molecule has 1 rings (SSSR count). The third-order valence-electron chi connectivity index (χ3n) is 2.96. The van der Waals surface area contributed by atoms with Crippen molar-refractivity contribution in [3.8, 4) is 0 Å². The number of ether oxygens (including phenoxy) is 1. The molecule has 0 amide bonds. The molecule has 0 aliphatic rings. The molecule has 17 heavy (non-hydrogen) atoms. The molecule has 0 aliphatic heterocycles. The van der Waals surface area contributed by atoms with E-state index in [1.165, 1.54) is 5.56 Å². The molecular formula is C14H22BrNO. The maximum atomic E-state index is 5.54. The largest absolute Gasteiger partial charge is 0.380 e. The van der Waals surface area contributed by atoms with Crippen LogP contribution >= 0.6 is 15.9 Å². The zero-order valence-corrected chi connectivity index (χ0v) is 12.5. The molecule has 2 atom stereocenters. The zero-order chi connectivity index (χ0) is 12.7. The second-order valence-corrected chi connectivity index (χ2v) is 5.10. The molecule has 3 heteroatoms. The first-order valence-electron chi connectivity index (χ1n) is 6.21.